The van der Waals surface area contributed by atoms with Crippen molar-refractivity contribution in [3.05, 3.63) is 0 Å². The van der Waals surface area contributed by atoms with Gasteiger partial charge in [-0.05, 0) is 32.1 Å². The number of carboxylic acid groups (broad SMARTS) is 1. The molecular weight excluding hydrogens is 244 g/mol. The molecule has 5 heteroatoms. The van der Waals surface area contributed by atoms with Gasteiger partial charge in [0.25, 0.3) is 0 Å². The van der Waals surface area contributed by atoms with Gasteiger partial charge < -0.3 is 14.9 Å². The molecule has 2 rings (SSSR count). The van der Waals surface area contributed by atoms with E-state index < -0.39 is 5.97 Å². The van der Waals surface area contributed by atoms with Crippen molar-refractivity contribution in [2.75, 3.05) is 13.1 Å². The van der Waals surface area contributed by atoms with Gasteiger partial charge in [-0.15, -0.1) is 0 Å². The van der Waals surface area contributed by atoms with Gasteiger partial charge in [0.15, 0.2) is 0 Å². The second-order valence-corrected chi connectivity index (χ2v) is 5.69. The molecule has 2 aliphatic rings. The van der Waals surface area contributed by atoms with E-state index in [0.717, 1.165) is 32.4 Å². The molecule has 19 heavy (non-hydrogen) atoms. The van der Waals surface area contributed by atoms with E-state index in [2.05, 4.69) is 13.8 Å². The maximum atomic E-state index is 12.4. The lowest BCUT2D eigenvalue weighted by atomic mass is 10.1. The fraction of sp³-hybridized carbons (Fsp3) is 0.857. The molecule has 5 nitrogen and oxygen atoms in total. The molecule has 2 amide bonds. The van der Waals surface area contributed by atoms with Crippen LogP contribution in [0.25, 0.3) is 0 Å². The van der Waals surface area contributed by atoms with Gasteiger partial charge in [-0.3, -0.25) is 4.79 Å². The number of amides is 2. The van der Waals surface area contributed by atoms with Crippen LogP contribution in [0.5, 0.6) is 0 Å². The summed E-state index contributed by atoms with van der Waals surface area (Å²) in [6.07, 6.45) is 4.10. The van der Waals surface area contributed by atoms with E-state index in [1.165, 1.54) is 0 Å². The predicted molar refractivity (Wildman–Crippen MR) is 71.9 cm³/mol. The summed E-state index contributed by atoms with van der Waals surface area (Å²) in [6.45, 7) is 5.77. The Morgan fingerprint density at radius 2 is 2.11 bits per heavy atom. The van der Waals surface area contributed by atoms with Crippen molar-refractivity contribution >= 4 is 12.0 Å². The number of hydrogen-bond donors (Lipinski definition) is 1. The highest BCUT2D eigenvalue weighted by Gasteiger charge is 2.42. The van der Waals surface area contributed by atoms with Crippen molar-refractivity contribution in [2.24, 2.45) is 5.92 Å². The van der Waals surface area contributed by atoms with Crippen molar-refractivity contribution in [1.82, 2.24) is 9.80 Å². The molecule has 2 unspecified atom stereocenters. The molecule has 1 saturated carbocycles. The van der Waals surface area contributed by atoms with Crippen LogP contribution in [0.4, 0.5) is 4.79 Å². The summed E-state index contributed by atoms with van der Waals surface area (Å²) >= 11 is 0. The zero-order chi connectivity index (χ0) is 14.0. The van der Waals surface area contributed by atoms with Crippen molar-refractivity contribution in [3.8, 4) is 0 Å². The molecular formula is C14H24N2O3. The van der Waals surface area contributed by atoms with Crippen LogP contribution in [0.2, 0.25) is 0 Å². The molecule has 1 N–H and O–H groups in total. The molecule has 108 valence electrons. The molecule has 3 atom stereocenters. The van der Waals surface area contributed by atoms with Gasteiger partial charge in [0.1, 0.15) is 0 Å². The Labute approximate surface area is 114 Å². The lowest BCUT2D eigenvalue weighted by Gasteiger charge is -2.24. The molecule has 0 aromatic heterocycles. The van der Waals surface area contributed by atoms with Crippen molar-refractivity contribution in [1.29, 1.82) is 0 Å². The van der Waals surface area contributed by atoms with Crippen LogP contribution < -0.4 is 0 Å². The first-order valence-electron chi connectivity index (χ1n) is 7.38. The van der Waals surface area contributed by atoms with Gasteiger partial charge in [0.2, 0.25) is 0 Å². The number of nitrogens with zero attached hydrogens (tertiary/aromatic N) is 2. The standard InChI is InChI=1S/C14H24N2O3/c1-3-7-15-11(4-2)9-16(14(15)19)12-6-5-10(8-12)13(17)18/h10-12H,3-9H2,1-2H3,(H,17,18)/t10?,11-,12?/m0/s1. The van der Waals surface area contributed by atoms with Crippen molar-refractivity contribution in [2.45, 2.75) is 58.0 Å². The van der Waals surface area contributed by atoms with Gasteiger partial charge in [0, 0.05) is 19.1 Å². The largest absolute Gasteiger partial charge is 0.481 e. The second-order valence-electron chi connectivity index (χ2n) is 5.69. The lowest BCUT2D eigenvalue weighted by molar-refractivity contribution is -0.141. The Hall–Kier alpha value is -1.26. The zero-order valence-corrected chi connectivity index (χ0v) is 11.8. The summed E-state index contributed by atoms with van der Waals surface area (Å²) in [4.78, 5) is 27.3. The molecule has 0 spiro atoms. The zero-order valence-electron chi connectivity index (χ0n) is 11.8. The van der Waals surface area contributed by atoms with Crippen LogP contribution in [-0.4, -0.2) is 52.1 Å². The van der Waals surface area contributed by atoms with Crippen molar-refractivity contribution in [3.63, 3.8) is 0 Å². The van der Waals surface area contributed by atoms with Crippen LogP contribution in [0.3, 0.4) is 0 Å². The van der Waals surface area contributed by atoms with Gasteiger partial charge in [-0.25, -0.2) is 4.79 Å². The van der Waals surface area contributed by atoms with Gasteiger partial charge >= 0.3 is 12.0 Å². The van der Waals surface area contributed by atoms with Crippen molar-refractivity contribution < 1.29 is 14.7 Å². The average Bonchev–Trinajstić information content (AvgIpc) is 2.96. The fourth-order valence-corrected chi connectivity index (χ4v) is 3.36. The number of rotatable bonds is 5. The topological polar surface area (TPSA) is 60.9 Å². The third-order valence-electron chi connectivity index (χ3n) is 4.47. The summed E-state index contributed by atoms with van der Waals surface area (Å²) in [5.74, 6) is -0.982. The van der Waals surface area contributed by atoms with E-state index in [-0.39, 0.29) is 18.0 Å². The molecule has 0 aromatic rings. The number of aliphatic carboxylic acids is 1. The Morgan fingerprint density at radius 1 is 1.37 bits per heavy atom. The van der Waals surface area contributed by atoms with Gasteiger partial charge in [-0.1, -0.05) is 13.8 Å². The monoisotopic (exact) mass is 268 g/mol. The summed E-state index contributed by atoms with van der Waals surface area (Å²) in [5, 5.41) is 9.06. The van der Waals surface area contributed by atoms with Crippen LogP contribution >= 0.6 is 0 Å². The first-order chi connectivity index (χ1) is 9.08. The molecule has 1 aliphatic carbocycles. The minimum absolute atomic E-state index is 0.115. The van der Waals surface area contributed by atoms with E-state index >= 15 is 0 Å². The first-order valence-corrected chi connectivity index (χ1v) is 7.38. The Balaban J connectivity index is 2.02. The van der Waals surface area contributed by atoms with Crippen LogP contribution in [0.1, 0.15) is 46.0 Å². The molecule has 0 aromatic carbocycles. The Morgan fingerprint density at radius 3 is 2.63 bits per heavy atom. The third-order valence-corrected chi connectivity index (χ3v) is 4.47. The van der Waals surface area contributed by atoms with E-state index in [1.54, 1.807) is 0 Å². The molecule has 1 saturated heterocycles. The number of urea groups is 1. The lowest BCUT2D eigenvalue weighted by Crippen LogP contribution is -2.39. The van der Waals surface area contributed by atoms with E-state index in [0.29, 0.717) is 18.9 Å². The minimum Gasteiger partial charge on any atom is -0.481 e. The molecule has 0 radical (unpaired) electrons. The first kappa shape index (κ1) is 14.2. The fourth-order valence-electron chi connectivity index (χ4n) is 3.36. The van der Waals surface area contributed by atoms with Gasteiger partial charge in [-0.2, -0.15) is 0 Å². The van der Waals surface area contributed by atoms with E-state index in [9.17, 15) is 9.59 Å². The smallest absolute Gasteiger partial charge is 0.320 e. The maximum absolute atomic E-state index is 12.4. The average molecular weight is 268 g/mol. The summed E-state index contributed by atoms with van der Waals surface area (Å²) in [5.41, 5.74) is 0. The molecule has 2 fully saturated rings. The normalized spacial score (nSPS) is 31.3. The number of hydrogen-bond acceptors (Lipinski definition) is 2. The summed E-state index contributed by atoms with van der Waals surface area (Å²) < 4.78 is 0. The highest BCUT2D eigenvalue weighted by Crippen LogP contribution is 2.33. The molecule has 0 bridgehead atoms. The predicted octanol–water partition coefficient (Wildman–Crippen LogP) is 2.17. The summed E-state index contributed by atoms with van der Waals surface area (Å²) in [7, 11) is 0. The van der Waals surface area contributed by atoms with Crippen LogP contribution in [0, 0.1) is 5.92 Å². The van der Waals surface area contributed by atoms with Gasteiger partial charge in [0.05, 0.1) is 12.0 Å². The minimum atomic E-state index is -0.716. The number of carboxylic acids is 1. The van der Waals surface area contributed by atoms with E-state index in [4.69, 9.17) is 5.11 Å². The SMILES string of the molecule is CCCN1C(=O)N(C2CCC(C(=O)O)C2)C[C@@H]1CC. The second kappa shape index (κ2) is 5.80. The van der Waals surface area contributed by atoms with Crippen LogP contribution in [-0.2, 0) is 4.79 Å². The maximum Gasteiger partial charge on any atom is 0.320 e. The molecule has 1 aliphatic heterocycles. The molecule has 1 heterocycles. The highest BCUT2D eigenvalue weighted by molar-refractivity contribution is 5.78. The number of carbonyl (C=O) groups excluding carboxylic acids is 1. The summed E-state index contributed by atoms with van der Waals surface area (Å²) in [6, 6.07) is 0.547. The quantitative estimate of drug-likeness (QED) is 0.831. The Bertz CT molecular complexity index is 359. The van der Waals surface area contributed by atoms with Crippen LogP contribution in [0.15, 0.2) is 0 Å². The third kappa shape index (κ3) is 2.69. The Kier molecular flexibility index (Phi) is 4.32. The van der Waals surface area contributed by atoms with E-state index in [1.807, 2.05) is 9.80 Å². The number of carbonyl (C=O) groups is 2. The highest BCUT2D eigenvalue weighted by atomic mass is 16.4.